The SMILES string of the molecule is CCc1csc2c(C)cc(I)cc12. The molecule has 0 aliphatic carbocycles. The first-order valence-electron chi connectivity index (χ1n) is 4.38. The van der Waals surface area contributed by atoms with Crippen LogP contribution in [-0.2, 0) is 6.42 Å². The molecule has 0 saturated carbocycles. The molecule has 13 heavy (non-hydrogen) atoms. The van der Waals surface area contributed by atoms with Crippen molar-refractivity contribution in [2.24, 2.45) is 0 Å². The molecule has 0 radical (unpaired) electrons. The molecule has 1 aromatic heterocycles. The van der Waals surface area contributed by atoms with Gasteiger partial charge in [-0.25, -0.2) is 0 Å². The lowest BCUT2D eigenvalue weighted by Gasteiger charge is -1.99. The summed E-state index contributed by atoms with van der Waals surface area (Å²) in [6.45, 7) is 4.41. The lowest BCUT2D eigenvalue weighted by atomic mass is 10.1. The summed E-state index contributed by atoms with van der Waals surface area (Å²) in [5.74, 6) is 0. The molecule has 0 atom stereocenters. The summed E-state index contributed by atoms with van der Waals surface area (Å²) in [4.78, 5) is 0. The predicted molar refractivity (Wildman–Crippen MR) is 68.7 cm³/mol. The monoisotopic (exact) mass is 302 g/mol. The third-order valence-electron chi connectivity index (χ3n) is 2.29. The van der Waals surface area contributed by atoms with Crippen LogP contribution in [0.15, 0.2) is 17.5 Å². The van der Waals surface area contributed by atoms with Crippen molar-refractivity contribution in [3.05, 3.63) is 32.2 Å². The summed E-state index contributed by atoms with van der Waals surface area (Å²) in [6, 6.07) is 4.54. The first kappa shape index (κ1) is 9.46. The van der Waals surface area contributed by atoms with Crippen molar-refractivity contribution < 1.29 is 0 Å². The molecule has 0 fully saturated rings. The lowest BCUT2D eigenvalue weighted by Crippen LogP contribution is -1.80. The second-order valence-electron chi connectivity index (χ2n) is 3.21. The van der Waals surface area contributed by atoms with Gasteiger partial charge in [-0.15, -0.1) is 11.3 Å². The number of rotatable bonds is 1. The van der Waals surface area contributed by atoms with Gasteiger partial charge in [0.25, 0.3) is 0 Å². The Bertz CT molecular complexity index is 443. The molecule has 0 aliphatic rings. The highest BCUT2D eigenvalue weighted by Gasteiger charge is 2.05. The van der Waals surface area contributed by atoms with Crippen LogP contribution < -0.4 is 0 Å². The molecule has 68 valence electrons. The Kier molecular flexibility index (Phi) is 2.60. The Hall–Kier alpha value is -0.0900. The van der Waals surface area contributed by atoms with Gasteiger partial charge in [-0.05, 0) is 70.0 Å². The van der Waals surface area contributed by atoms with Crippen LogP contribution in [0, 0.1) is 10.5 Å². The molecule has 0 bridgehead atoms. The fourth-order valence-electron chi connectivity index (χ4n) is 1.59. The molecule has 1 aromatic carbocycles. The largest absolute Gasteiger partial charge is 0.143 e. The van der Waals surface area contributed by atoms with Crippen LogP contribution in [0.4, 0.5) is 0 Å². The Morgan fingerprint density at radius 2 is 2.15 bits per heavy atom. The topological polar surface area (TPSA) is 0 Å². The van der Waals surface area contributed by atoms with Gasteiger partial charge in [0.15, 0.2) is 0 Å². The summed E-state index contributed by atoms with van der Waals surface area (Å²) in [5.41, 5.74) is 2.90. The fourth-order valence-corrected chi connectivity index (χ4v) is 3.49. The van der Waals surface area contributed by atoms with Crippen molar-refractivity contribution in [3.63, 3.8) is 0 Å². The summed E-state index contributed by atoms with van der Waals surface area (Å²) in [5, 5.41) is 3.74. The first-order valence-corrected chi connectivity index (χ1v) is 6.34. The van der Waals surface area contributed by atoms with E-state index in [4.69, 9.17) is 0 Å². The third kappa shape index (κ3) is 1.62. The highest BCUT2D eigenvalue weighted by molar-refractivity contribution is 14.1. The average molecular weight is 302 g/mol. The van der Waals surface area contributed by atoms with Gasteiger partial charge in [-0.3, -0.25) is 0 Å². The molecule has 0 aliphatic heterocycles. The maximum atomic E-state index is 2.39. The van der Waals surface area contributed by atoms with Crippen molar-refractivity contribution in [1.82, 2.24) is 0 Å². The van der Waals surface area contributed by atoms with E-state index in [1.54, 1.807) is 0 Å². The van der Waals surface area contributed by atoms with E-state index in [1.165, 1.54) is 24.8 Å². The van der Waals surface area contributed by atoms with E-state index in [1.807, 2.05) is 11.3 Å². The van der Waals surface area contributed by atoms with Crippen LogP contribution in [0.25, 0.3) is 10.1 Å². The number of fused-ring (bicyclic) bond motifs is 1. The second kappa shape index (κ2) is 3.58. The molecule has 2 heteroatoms. The van der Waals surface area contributed by atoms with E-state index in [0.29, 0.717) is 0 Å². The predicted octanol–water partition coefficient (Wildman–Crippen LogP) is 4.38. The van der Waals surface area contributed by atoms with E-state index in [-0.39, 0.29) is 0 Å². The van der Waals surface area contributed by atoms with Crippen LogP contribution in [0.1, 0.15) is 18.1 Å². The number of halogens is 1. The molecule has 0 nitrogen and oxygen atoms in total. The molecule has 0 unspecified atom stereocenters. The van der Waals surface area contributed by atoms with Crippen LogP contribution in [-0.4, -0.2) is 0 Å². The minimum absolute atomic E-state index is 1.14. The maximum Gasteiger partial charge on any atom is 0.0375 e. The lowest BCUT2D eigenvalue weighted by molar-refractivity contribution is 1.17. The molecule has 2 aromatic rings. The van der Waals surface area contributed by atoms with E-state index >= 15 is 0 Å². The smallest absolute Gasteiger partial charge is 0.0375 e. The zero-order valence-corrected chi connectivity index (χ0v) is 10.7. The standard InChI is InChI=1S/C11H11IS/c1-3-8-6-13-11-7(2)4-9(12)5-10(8)11/h4-6H,3H2,1-2H3. The third-order valence-corrected chi connectivity index (χ3v) is 4.09. The van der Waals surface area contributed by atoms with Crippen molar-refractivity contribution in [3.8, 4) is 0 Å². The summed E-state index contributed by atoms with van der Waals surface area (Å²) in [6.07, 6.45) is 1.14. The highest BCUT2D eigenvalue weighted by atomic mass is 127. The highest BCUT2D eigenvalue weighted by Crippen LogP contribution is 2.30. The van der Waals surface area contributed by atoms with E-state index in [2.05, 4.69) is 54.0 Å². The zero-order chi connectivity index (χ0) is 9.42. The Balaban J connectivity index is 2.82. The van der Waals surface area contributed by atoms with Gasteiger partial charge in [-0.2, -0.15) is 0 Å². The number of benzene rings is 1. The number of aryl methyl sites for hydroxylation is 2. The van der Waals surface area contributed by atoms with Gasteiger partial charge in [0.1, 0.15) is 0 Å². The van der Waals surface area contributed by atoms with E-state index < -0.39 is 0 Å². The van der Waals surface area contributed by atoms with Gasteiger partial charge in [0.05, 0.1) is 0 Å². The Morgan fingerprint density at radius 1 is 1.38 bits per heavy atom. The average Bonchev–Trinajstić information content (AvgIpc) is 2.47. The fraction of sp³-hybridized carbons (Fsp3) is 0.273. The van der Waals surface area contributed by atoms with Gasteiger partial charge < -0.3 is 0 Å². The molecular formula is C11H11IS. The molecule has 2 rings (SSSR count). The number of thiophene rings is 1. The number of hydrogen-bond acceptors (Lipinski definition) is 1. The zero-order valence-electron chi connectivity index (χ0n) is 7.73. The first-order chi connectivity index (χ1) is 6.22. The van der Waals surface area contributed by atoms with Gasteiger partial charge >= 0.3 is 0 Å². The maximum absolute atomic E-state index is 2.39. The van der Waals surface area contributed by atoms with Crippen LogP contribution in [0.3, 0.4) is 0 Å². The van der Waals surface area contributed by atoms with E-state index in [9.17, 15) is 0 Å². The van der Waals surface area contributed by atoms with Crippen LogP contribution in [0.2, 0.25) is 0 Å². The van der Waals surface area contributed by atoms with Gasteiger partial charge in [0, 0.05) is 8.27 Å². The molecule has 0 spiro atoms. The molecule has 1 heterocycles. The molecule has 0 saturated heterocycles. The van der Waals surface area contributed by atoms with E-state index in [0.717, 1.165) is 6.42 Å². The molecular weight excluding hydrogens is 291 g/mol. The Morgan fingerprint density at radius 3 is 2.85 bits per heavy atom. The van der Waals surface area contributed by atoms with Crippen LogP contribution >= 0.6 is 33.9 Å². The molecule has 0 amide bonds. The quantitative estimate of drug-likeness (QED) is 0.686. The van der Waals surface area contributed by atoms with Gasteiger partial charge in [-0.1, -0.05) is 6.92 Å². The van der Waals surface area contributed by atoms with Crippen LogP contribution in [0.5, 0.6) is 0 Å². The number of hydrogen-bond donors (Lipinski definition) is 0. The van der Waals surface area contributed by atoms with Crippen molar-refractivity contribution in [2.75, 3.05) is 0 Å². The summed E-state index contributed by atoms with van der Waals surface area (Å²) < 4.78 is 2.80. The van der Waals surface area contributed by atoms with Crippen molar-refractivity contribution in [1.29, 1.82) is 0 Å². The summed E-state index contributed by atoms with van der Waals surface area (Å²) in [7, 11) is 0. The summed E-state index contributed by atoms with van der Waals surface area (Å²) >= 11 is 4.26. The normalized spacial score (nSPS) is 11.0. The minimum Gasteiger partial charge on any atom is -0.143 e. The van der Waals surface area contributed by atoms with Crippen molar-refractivity contribution >= 4 is 44.0 Å². The second-order valence-corrected chi connectivity index (χ2v) is 5.34. The van der Waals surface area contributed by atoms with Crippen molar-refractivity contribution in [2.45, 2.75) is 20.3 Å². The Labute approximate surface area is 96.1 Å². The molecule has 0 N–H and O–H groups in total. The van der Waals surface area contributed by atoms with Gasteiger partial charge in [0.2, 0.25) is 0 Å². The minimum atomic E-state index is 1.14.